The van der Waals surface area contributed by atoms with Crippen molar-refractivity contribution in [3.63, 3.8) is 0 Å². The largest absolute Gasteiger partial charge is 0.0776 e. The molecule has 0 aliphatic carbocycles. The Hall–Kier alpha value is 0.0649. The van der Waals surface area contributed by atoms with Gasteiger partial charge in [-0.05, 0) is 0 Å². The minimum atomic E-state index is 0. The molecule has 3 radical (unpaired) electrons. The predicted molar refractivity (Wildman–Crippen MR) is 105 cm³/mol. The van der Waals surface area contributed by atoms with Crippen LogP contribution in [0, 0.1) is 0 Å². The molecule has 1 heteroatoms. The van der Waals surface area contributed by atoms with Crippen molar-refractivity contribution in [2.75, 3.05) is 0 Å². The first-order valence-corrected chi connectivity index (χ1v) is 5.00. The number of hydrogen-bond acceptors (Lipinski definition) is 0. The lowest BCUT2D eigenvalue weighted by Gasteiger charge is -1.07. The van der Waals surface area contributed by atoms with Gasteiger partial charge in [0.15, 0.2) is 0 Å². The SMILES string of the molecule is C.C.C.C.C.C.CC.CC.CC.CC.CC.[2HH].[B]. The molecule has 0 fully saturated rings. The molecule has 0 amide bonds. The van der Waals surface area contributed by atoms with Crippen LogP contribution in [0.5, 0.6) is 0 Å². The van der Waals surface area contributed by atoms with Crippen LogP contribution < -0.4 is 0 Å². The van der Waals surface area contributed by atoms with Crippen molar-refractivity contribution in [3.8, 4) is 0 Å². The van der Waals surface area contributed by atoms with E-state index in [1.54, 1.807) is 0 Å². The topological polar surface area (TPSA) is 0 Å². The summed E-state index contributed by atoms with van der Waals surface area (Å²) in [4.78, 5) is 0. The van der Waals surface area contributed by atoms with Crippen molar-refractivity contribution >= 4 is 8.41 Å². The standard InChI is InChI=1S/5C2H6.6CH4.B.H2/c5*1-2;;;;;;;;/h5*1-2H3;6*1H4;;1H/i;;;;;;;;;;;;1+1. The average molecular weight is 260 g/mol. The van der Waals surface area contributed by atoms with Crippen molar-refractivity contribution in [1.82, 2.24) is 0 Å². The highest BCUT2D eigenvalue weighted by atomic mass is 13.0. The van der Waals surface area contributed by atoms with Crippen LogP contribution in [-0.4, -0.2) is 8.41 Å². The predicted octanol–water partition coefficient (Wildman–Crippen LogP) is 8.81. The van der Waals surface area contributed by atoms with Crippen LogP contribution in [0.25, 0.3) is 0 Å². The van der Waals surface area contributed by atoms with E-state index in [0.717, 1.165) is 0 Å². The molecule has 0 aromatic carbocycles. The van der Waals surface area contributed by atoms with E-state index in [1.807, 2.05) is 69.2 Å². The summed E-state index contributed by atoms with van der Waals surface area (Å²) in [5.74, 6) is 0. The van der Waals surface area contributed by atoms with E-state index in [9.17, 15) is 0 Å². The van der Waals surface area contributed by atoms with Gasteiger partial charge in [0.05, 0.1) is 0 Å². The normalized spacial score (nSPS) is 1.76. The van der Waals surface area contributed by atoms with Crippen LogP contribution in [0.4, 0.5) is 0 Å². The summed E-state index contributed by atoms with van der Waals surface area (Å²) in [5, 5.41) is 0. The van der Waals surface area contributed by atoms with Gasteiger partial charge in [0.2, 0.25) is 0 Å². The molecule has 17 heavy (non-hydrogen) atoms. The zero-order valence-corrected chi connectivity index (χ0v) is 10.6. The first-order valence-electron chi connectivity index (χ1n) is 5.00. The molecule has 0 unspecified atom stereocenters. The van der Waals surface area contributed by atoms with Crippen LogP contribution in [-0.2, 0) is 0 Å². The van der Waals surface area contributed by atoms with E-state index in [1.165, 1.54) is 0 Å². The average Bonchev–Trinajstić information content (AvgIpc) is 2.20. The van der Waals surface area contributed by atoms with Crippen LogP contribution in [0.1, 0.15) is 115 Å². The second kappa shape index (κ2) is 865000. The van der Waals surface area contributed by atoms with Gasteiger partial charge in [0, 0.05) is 9.84 Å². The summed E-state index contributed by atoms with van der Waals surface area (Å²) in [6, 6.07) is 0. The Morgan fingerprint density at radius 2 is 0.294 bits per heavy atom. The summed E-state index contributed by atoms with van der Waals surface area (Å²) in [6.45, 7) is 20.0. The monoisotopic (exact) mass is 260 g/mol. The van der Waals surface area contributed by atoms with Gasteiger partial charge < -0.3 is 0 Å². The summed E-state index contributed by atoms with van der Waals surface area (Å²) >= 11 is 0. The number of rotatable bonds is 0. The zero-order valence-electron chi connectivity index (χ0n) is 10.6. The van der Waals surface area contributed by atoms with Gasteiger partial charge in [0.25, 0.3) is 0 Å². The Kier molecular flexibility index (Phi) is 8730000. The van der Waals surface area contributed by atoms with E-state index >= 15 is 0 Å². The lowest BCUT2D eigenvalue weighted by Crippen LogP contribution is -0.856. The van der Waals surface area contributed by atoms with Crippen molar-refractivity contribution in [2.24, 2.45) is 0 Å². The lowest BCUT2D eigenvalue weighted by molar-refractivity contribution is 1.50. The summed E-state index contributed by atoms with van der Waals surface area (Å²) in [7, 11) is 0. The zero-order chi connectivity index (χ0) is 10.0. The molecule has 0 bridgehead atoms. The summed E-state index contributed by atoms with van der Waals surface area (Å²) < 4.78 is 0. The van der Waals surface area contributed by atoms with Gasteiger partial charge in [0.1, 0.15) is 0 Å². The van der Waals surface area contributed by atoms with Gasteiger partial charge in [-0.2, -0.15) is 0 Å². The Morgan fingerprint density at radius 1 is 0.294 bits per heavy atom. The van der Waals surface area contributed by atoms with E-state index < -0.39 is 0 Å². The van der Waals surface area contributed by atoms with Gasteiger partial charge in [-0.1, -0.05) is 114 Å². The lowest BCUT2D eigenvalue weighted by atomic mass is 10.8. The van der Waals surface area contributed by atoms with Gasteiger partial charge >= 0.3 is 0 Å². The molecule has 0 aliphatic heterocycles. The van der Waals surface area contributed by atoms with Crippen molar-refractivity contribution < 1.29 is 1.43 Å². The van der Waals surface area contributed by atoms with Crippen LogP contribution in [0.2, 0.25) is 0 Å². The van der Waals surface area contributed by atoms with Crippen LogP contribution in [0.15, 0.2) is 0 Å². The van der Waals surface area contributed by atoms with Gasteiger partial charge in [-0.25, -0.2) is 0 Å². The molecule has 0 saturated carbocycles. The maximum absolute atomic E-state index is 2.00. The van der Waals surface area contributed by atoms with Gasteiger partial charge in [-0.15, -0.1) is 0 Å². The highest BCUT2D eigenvalue weighted by Gasteiger charge is 0.940. The Labute approximate surface area is 124 Å². The van der Waals surface area contributed by atoms with Gasteiger partial charge in [-0.3, -0.25) is 0 Å². The molecule has 123 valence electrons. The molecule has 0 N–H and O–H groups in total. The van der Waals surface area contributed by atoms with Crippen molar-refractivity contribution in [1.29, 1.82) is 0 Å². The molecule has 0 saturated heterocycles. The molecular formula is C16H56B. The maximum atomic E-state index is 2.00. The summed E-state index contributed by atoms with van der Waals surface area (Å²) in [6.07, 6.45) is 0. The molecule has 0 atom stereocenters. The first-order chi connectivity index (χ1) is 5.00. The highest BCUT2D eigenvalue weighted by molar-refractivity contribution is 5.75. The molecule has 0 spiro atoms. The first kappa shape index (κ1) is 172. The Bertz CT molecular complexity index is 11.1. The van der Waals surface area contributed by atoms with Crippen LogP contribution >= 0.6 is 0 Å². The van der Waals surface area contributed by atoms with E-state index in [2.05, 4.69) is 0 Å². The molecule has 0 rings (SSSR count). The van der Waals surface area contributed by atoms with Crippen molar-refractivity contribution in [3.05, 3.63) is 0 Å². The second-order valence-electron chi connectivity index (χ2n) is 0. The smallest absolute Gasteiger partial charge is 0 e. The fourth-order valence-electron chi connectivity index (χ4n) is 0. The fraction of sp³-hybridized carbons (Fsp3) is 1.00. The van der Waals surface area contributed by atoms with Crippen molar-refractivity contribution in [2.45, 2.75) is 114 Å². The van der Waals surface area contributed by atoms with Crippen LogP contribution in [0.3, 0.4) is 0 Å². The Balaban J connectivity index is -0.00000000142. The van der Waals surface area contributed by atoms with E-state index in [4.69, 9.17) is 0 Å². The molecular weight excluding hydrogens is 203 g/mol. The van der Waals surface area contributed by atoms with E-state index in [0.29, 0.717) is 0 Å². The second-order valence-corrected chi connectivity index (χ2v) is 0. The quantitative estimate of drug-likeness (QED) is 0.381. The molecule has 0 aromatic heterocycles. The third-order valence-electron chi connectivity index (χ3n) is 0. The molecule has 0 aromatic rings. The Morgan fingerprint density at radius 3 is 0.294 bits per heavy atom. The molecule has 0 heterocycles. The minimum Gasteiger partial charge on any atom is -0.0776 e. The summed E-state index contributed by atoms with van der Waals surface area (Å²) in [5.41, 5.74) is 0. The fourth-order valence-corrected chi connectivity index (χ4v) is 0. The molecule has 0 nitrogen and oxygen atoms in total. The minimum absolute atomic E-state index is 0. The molecule has 0 aliphatic rings. The third kappa shape index (κ3) is 754000. The number of hydrogen-bond donors (Lipinski definition) is 0. The maximum Gasteiger partial charge on any atom is 0 e. The highest BCUT2D eigenvalue weighted by Crippen LogP contribution is 1.15. The van der Waals surface area contributed by atoms with E-state index in [-0.39, 0.29) is 54.4 Å². The third-order valence-corrected chi connectivity index (χ3v) is 0.